The number of benzene rings is 3. The summed E-state index contributed by atoms with van der Waals surface area (Å²) < 4.78 is 0. The fraction of sp³-hybridized carbons (Fsp3) is 0.0714. The zero-order valence-corrected chi connectivity index (χ0v) is 17.9. The van der Waals surface area contributed by atoms with Gasteiger partial charge in [0, 0.05) is 45.5 Å². The smallest absolute Gasteiger partial charge is 0.269 e. The van der Waals surface area contributed by atoms with Crippen LogP contribution in [0.15, 0.2) is 91.1 Å². The van der Waals surface area contributed by atoms with Crippen LogP contribution < -0.4 is 5.32 Å². The number of fused-ring (bicyclic) bond motifs is 4. The van der Waals surface area contributed by atoms with Crippen LogP contribution in [0.3, 0.4) is 0 Å². The molecule has 6 aromatic rings. The predicted molar refractivity (Wildman–Crippen MR) is 133 cm³/mol. The summed E-state index contributed by atoms with van der Waals surface area (Å²) in [7, 11) is 0. The molecule has 0 spiro atoms. The summed E-state index contributed by atoms with van der Waals surface area (Å²) in [4.78, 5) is 24.7. The van der Waals surface area contributed by atoms with Gasteiger partial charge in [0.25, 0.3) is 5.91 Å². The van der Waals surface area contributed by atoms with Crippen molar-refractivity contribution in [2.75, 3.05) is 6.54 Å². The van der Waals surface area contributed by atoms with Crippen LogP contribution in [0.4, 0.5) is 0 Å². The maximum Gasteiger partial charge on any atom is 0.269 e. The van der Waals surface area contributed by atoms with Gasteiger partial charge in [-0.15, -0.1) is 0 Å². The highest BCUT2D eigenvalue weighted by molar-refractivity contribution is 6.13. The van der Waals surface area contributed by atoms with Gasteiger partial charge < -0.3 is 15.3 Å². The van der Waals surface area contributed by atoms with E-state index in [-0.39, 0.29) is 5.91 Å². The molecule has 0 aliphatic rings. The SMILES string of the molecule is O=C(NCCc1c[nH]c2ccccc12)c1cc2c([nH]c3ccccc32)c(-c2ccccc2)n1. The van der Waals surface area contributed by atoms with Crippen molar-refractivity contribution in [3.63, 3.8) is 0 Å². The van der Waals surface area contributed by atoms with E-state index in [0.29, 0.717) is 12.2 Å². The van der Waals surface area contributed by atoms with Gasteiger partial charge >= 0.3 is 0 Å². The van der Waals surface area contributed by atoms with Crippen LogP contribution in [0, 0.1) is 0 Å². The number of nitrogens with one attached hydrogen (secondary N) is 3. The molecule has 0 atom stereocenters. The zero-order chi connectivity index (χ0) is 22.2. The Bertz CT molecular complexity index is 1610. The van der Waals surface area contributed by atoms with E-state index in [4.69, 9.17) is 4.98 Å². The number of para-hydroxylation sites is 2. The minimum Gasteiger partial charge on any atom is -0.361 e. The highest BCUT2D eigenvalue weighted by Gasteiger charge is 2.17. The van der Waals surface area contributed by atoms with Crippen LogP contribution in [0.2, 0.25) is 0 Å². The second-order valence-electron chi connectivity index (χ2n) is 8.18. The van der Waals surface area contributed by atoms with Crippen LogP contribution >= 0.6 is 0 Å². The van der Waals surface area contributed by atoms with Crippen molar-refractivity contribution >= 4 is 38.6 Å². The predicted octanol–water partition coefficient (Wildman–Crippen LogP) is 5.84. The van der Waals surface area contributed by atoms with Crippen molar-refractivity contribution in [2.24, 2.45) is 0 Å². The highest BCUT2D eigenvalue weighted by atomic mass is 16.1. The number of pyridine rings is 1. The maximum atomic E-state index is 13.1. The van der Waals surface area contributed by atoms with E-state index in [1.54, 1.807) is 0 Å². The lowest BCUT2D eigenvalue weighted by atomic mass is 10.1. The lowest BCUT2D eigenvalue weighted by Crippen LogP contribution is -2.26. The molecule has 3 aromatic heterocycles. The molecule has 6 rings (SSSR count). The quantitative estimate of drug-likeness (QED) is 0.322. The molecule has 0 saturated heterocycles. The van der Waals surface area contributed by atoms with Gasteiger partial charge in [-0.25, -0.2) is 4.98 Å². The van der Waals surface area contributed by atoms with Crippen LogP contribution in [-0.2, 0) is 6.42 Å². The van der Waals surface area contributed by atoms with Crippen molar-refractivity contribution in [1.29, 1.82) is 0 Å². The van der Waals surface area contributed by atoms with Crippen LogP contribution in [0.5, 0.6) is 0 Å². The molecule has 1 amide bonds. The van der Waals surface area contributed by atoms with Crippen molar-refractivity contribution in [3.05, 3.63) is 102 Å². The average molecular weight is 431 g/mol. The minimum absolute atomic E-state index is 0.167. The standard InChI is InChI=1S/C28H22N4O/c33-28(29-15-14-19-17-30-23-12-6-4-10-20(19)23)25-16-22-21-11-5-7-13-24(21)31-27(22)26(32-25)18-8-2-1-3-9-18/h1-13,16-17,30-31H,14-15H2,(H,29,33). The summed E-state index contributed by atoms with van der Waals surface area (Å²) in [5.41, 5.74) is 6.45. The lowest BCUT2D eigenvalue weighted by molar-refractivity contribution is 0.0949. The van der Waals surface area contributed by atoms with Gasteiger partial charge in [0.05, 0.1) is 11.2 Å². The minimum atomic E-state index is -0.167. The number of H-pyrrole nitrogens is 2. The Morgan fingerprint density at radius 2 is 1.55 bits per heavy atom. The summed E-state index contributed by atoms with van der Waals surface area (Å²) in [6.45, 7) is 0.537. The van der Waals surface area contributed by atoms with Gasteiger partial charge in [-0.05, 0) is 30.2 Å². The fourth-order valence-electron chi connectivity index (χ4n) is 4.51. The molecule has 0 unspecified atom stereocenters. The molecule has 0 bridgehead atoms. The van der Waals surface area contributed by atoms with E-state index < -0.39 is 0 Å². The first kappa shape index (κ1) is 19.3. The summed E-state index contributed by atoms with van der Waals surface area (Å²) in [5.74, 6) is -0.167. The largest absolute Gasteiger partial charge is 0.361 e. The number of carbonyl (C=O) groups excluding carboxylic acids is 1. The third-order valence-electron chi connectivity index (χ3n) is 6.13. The molecule has 5 nitrogen and oxygen atoms in total. The Kier molecular flexibility index (Phi) is 4.65. The summed E-state index contributed by atoms with van der Waals surface area (Å²) in [5, 5.41) is 6.34. The molecule has 3 aromatic carbocycles. The number of rotatable bonds is 5. The fourth-order valence-corrected chi connectivity index (χ4v) is 4.51. The molecule has 0 radical (unpaired) electrons. The van der Waals surface area contributed by atoms with E-state index in [1.807, 2.05) is 72.9 Å². The Morgan fingerprint density at radius 3 is 2.39 bits per heavy atom. The Balaban J connectivity index is 1.34. The first-order valence-electron chi connectivity index (χ1n) is 11.1. The first-order chi connectivity index (χ1) is 16.3. The highest BCUT2D eigenvalue weighted by Crippen LogP contribution is 2.32. The van der Waals surface area contributed by atoms with Crippen LogP contribution in [0.1, 0.15) is 16.1 Å². The Morgan fingerprint density at radius 1 is 0.818 bits per heavy atom. The molecule has 160 valence electrons. The van der Waals surface area contributed by atoms with Gasteiger partial charge in [-0.3, -0.25) is 4.79 Å². The third-order valence-corrected chi connectivity index (χ3v) is 6.13. The second kappa shape index (κ2) is 7.95. The summed E-state index contributed by atoms with van der Waals surface area (Å²) in [6.07, 6.45) is 2.76. The molecule has 0 aliphatic carbocycles. The number of amides is 1. The zero-order valence-electron chi connectivity index (χ0n) is 17.9. The molecule has 0 aliphatic heterocycles. The molecule has 0 fully saturated rings. The normalized spacial score (nSPS) is 11.4. The molecule has 3 N–H and O–H groups in total. The Labute approximate surface area is 190 Å². The molecule has 33 heavy (non-hydrogen) atoms. The first-order valence-corrected chi connectivity index (χ1v) is 11.1. The van der Waals surface area contributed by atoms with E-state index in [0.717, 1.165) is 45.0 Å². The van der Waals surface area contributed by atoms with E-state index in [1.165, 1.54) is 10.9 Å². The molecular weight excluding hydrogens is 408 g/mol. The van der Waals surface area contributed by atoms with Gasteiger partial charge in [0.2, 0.25) is 0 Å². The number of aromatic amines is 2. The van der Waals surface area contributed by atoms with Crippen LogP contribution in [-0.4, -0.2) is 27.4 Å². The van der Waals surface area contributed by atoms with E-state index in [2.05, 4.69) is 33.5 Å². The van der Waals surface area contributed by atoms with E-state index in [9.17, 15) is 4.79 Å². The number of carbonyl (C=O) groups is 1. The summed E-state index contributed by atoms with van der Waals surface area (Å²) >= 11 is 0. The van der Waals surface area contributed by atoms with Crippen LogP contribution in [0.25, 0.3) is 44.0 Å². The van der Waals surface area contributed by atoms with Crippen molar-refractivity contribution < 1.29 is 4.79 Å². The molecule has 5 heteroatoms. The van der Waals surface area contributed by atoms with Gasteiger partial charge in [-0.2, -0.15) is 0 Å². The van der Waals surface area contributed by atoms with Crippen molar-refractivity contribution in [1.82, 2.24) is 20.3 Å². The van der Waals surface area contributed by atoms with Gasteiger partial charge in [0.15, 0.2) is 0 Å². The average Bonchev–Trinajstić information content (AvgIpc) is 3.45. The van der Waals surface area contributed by atoms with E-state index >= 15 is 0 Å². The molecular formula is C28H22N4O. The number of aromatic nitrogens is 3. The third kappa shape index (κ3) is 3.44. The number of hydrogen-bond donors (Lipinski definition) is 3. The van der Waals surface area contributed by atoms with Gasteiger partial charge in [-0.1, -0.05) is 66.7 Å². The topological polar surface area (TPSA) is 73.6 Å². The molecule has 3 heterocycles. The monoisotopic (exact) mass is 430 g/mol. The maximum absolute atomic E-state index is 13.1. The van der Waals surface area contributed by atoms with Crippen molar-refractivity contribution in [3.8, 4) is 11.3 Å². The number of hydrogen-bond acceptors (Lipinski definition) is 2. The number of nitrogens with zero attached hydrogens (tertiary/aromatic N) is 1. The summed E-state index contributed by atoms with van der Waals surface area (Å²) in [6, 6.07) is 28.2. The molecule has 0 saturated carbocycles. The lowest BCUT2D eigenvalue weighted by Gasteiger charge is -2.08. The second-order valence-corrected chi connectivity index (χ2v) is 8.18. The van der Waals surface area contributed by atoms with Gasteiger partial charge in [0.1, 0.15) is 5.69 Å². The van der Waals surface area contributed by atoms with Crippen molar-refractivity contribution in [2.45, 2.75) is 6.42 Å². The Hall–Kier alpha value is -4.38.